The fourth-order valence-corrected chi connectivity index (χ4v) is 4.04. The number of piperazine rings is 1. The van der Waals surface area contributed by atoms with Crippen LogP contribution in [0.1, 0.15) is 25.1 Å². The number of anilines is 1. The first-order chi connectivity index (χ1) is 11.8. The summed E-state index contributed by atoms with van der Waals surface area (Å²) >= 11 is 5.68. The van der Waals surface area contributed by atoms with Crippen LogP contribution in [0, 0.1) is 4.77 Å². The Kier molecular flexibility index (Phi) is 4.62. The molecule has 1 saturated heterocycles. The zero-order valence-corrected chi connectivity index (χ0v) is 14.9. The van der Waals surface area contributed by atoms with E-state index in [9.17, 15) is 0 Å². The number of nitrogens with zero attached hydrogens (tertiary/aromatic N) is 4. The Hall–Kier alpha value is -1.73. The highest BCUT2D eigenvalue weighted by atomic mass is 32.1. The van der Waals surface area contributed by atoms with Gasteiger partial charge in [-0.3, -0.25) is 4.90 Å². The molecule has 0 saturated carbocycles. The van der Waals surface area contributed by atoms with E-state index in [2.05, 4.69) is 31.3 Å². The minimum atomic E-state index is 0.894. The number of nitrogens with one attached hydrogen (secondary N) is 2. The average Bonchev–Trinajstić information content (AvgIpc) is 2.79. The predicted octanol–water partition coefficient (Wildman–Crippen LogP) is 0.317. The van der Waals surface area contributed by atoms with Crippen LogP contribution >= 0.6 is 12.2 Å². The van der Waals surface area contributed by atoms with E-state index in [1.165, 1.54) is 30.9 Å². The normalized spacial score (nSPS) is 19.1. The lowest BCUT2D eigenvalue weighted by atomic mass is 10.2. The largest absolute Gasteiger partial charge is 0.310 e. The summed E-state index contributed by atoms with van der Waals surface area (Å²) in [6, 6.07) is 6.26. The van der Waals surface area contributed by atoms with Gasteiger partial charge in [0.2, 0.25) is 4.77 Å². The fourth-order valence-electron chi connectivity index (χ4n) is 3.74. The fraction of sp³-hybridized carbons (Fsp3) is 0.588. The van der Waals surface area contributed by atoms with Gasteiger partial charge in [0.25, 0.3) is 5.82 Å². The molecule has 128 valence electrons. The highest BCUT2D eigenvalue weighted by molar-refractivity contribution is 7.71. The molecular formula is C17H26N6S+2. The maximum Gasteiger partial charge on any atom is 0.274 e. The van der Waals surface area contributed by atoms with E-state index in [4.69, 9.17) is 17.3 Å². The number of hydrogen-bond donors (Lipinski definition) is 1. The number of H-pyrrole nitrogens is 1. The lowest BCUT2D eigenvalue weighted by molar-refractivity contribution is -0.924. The summed E-state index contributed by atoms with van der Waals surface area (Å²) in [5.41, 5.74) is 0. The second-order valence-electron chi connectivity index (χ2n) is 6.80. The van der Waals surface area contributed by atoms with Crippen LogP contribution in [-0.4, -0.2) is 40.5 Å². The van der Waals surface area contributed by atoms with Crippen molar-refractivity contribution in [2.45, 2.75) is 38.9 Å². The van der Waals surface area contributed by atoms with Crippen molar-refractivity contribution >= 4 is 18.0 Å². The summed E-state index contributed by atoms with van der Waals surface area (Å²) in [7, 11) is 0. The lowest BCUT2D eigenvalue weighted by Gasteiger charge is -2.27. The monoisotopic (exact) mass is 346 g/mol. The van der Waals surface area contributed by atoms with Crippen LogP contribution in [0.4, 0.5) is 5.82 Å². The van der Waals surface area contributed by atoms with Gasteiger partial charge in [0.1, 0.15) is 32.0 Å². The maximum atomic E-state index is 5.68. The third-order valence-corrected chi connectivity index (χ3v) is 5.59. The minimum Gasteiger partial charge on any atom is -0.310 e. The Balaban J connectivity index is 1.40. The van der Waals surface area contributed by atoms with E-state index in [-0.39, 0.29) is 0 Å². The molecule has 0 amide bonds. The van der Waals surface area contributed by atoms with Crippen LogP contribution in [0.3, 0.4) is 0 Å². The van der Waals surface area contributed by atoms with Crippen molar-refractivity contribution in [3.63, 3.8) is 0 Å². The molecule has 2 aromatic rings. The van der Waals surface area contributed by atoms with E-state index in [1.54, 1.807) is 4.90 Å². The predicted molar refractivity (Wildman–Crippen MR) is 94.5 cm³/mol. The van der Waals surface area contributed by atoms with E-state index >= 15 is 0 Å². The number of aryl methyl sites for hydroxylation is 1. The number of hydrogen-bond acceptors (Lipinski definition) is 3. The molecule has 2 aromatic heterocycles. The third kappa shape index (κ3) is 3.23. The van der Waals surface area contributed by atoms with Crippen LogP contribution in [-0.2, 0) is 19.6 Å². The molecule has 2 aliphatic heterocycles. The van der Waals surface area contributed by atoms with Gasteiger partial charge in [0, 0.05) is 19.0 Å². The molecule has 1 fully saturated rings. The van der Waals surface area contributed by atoms with Crippen LogP contribution in [0.25, 0.3) is 0 Å². The zero-order chi connectivity index (χ0) is 16.4. The molecule has 2 aliphatic rings. The van der Waals surface area contributed by atoms with Crippen LogP contribution < -0.4 is 14.8 Å². The summed E-state index contributed by atoms with van der Waals surface area (Å²) in [5, 5.41) is 4.82. The lowest BCUT2D eigenvalue weighted by Crippen LogP contribution is -3.14. The van der Waals surface area contributed by atoms with E-state index in [1.807, 2.05) is 12.3 Å². The van der Waals surface area contributed by atoms with Crippen molar-refractivity contribution in [1.29, 1.82) is 0 Å². The molecule has 4 heterocycles. The zero-order valence-electron chi connectivity index (χ0n) is 14.1. The first-order valence-electron chi connectivity index (χ1n) is 9.03. The van der Waals surface area contributed by atoms with Crippen LogP contribution in [0.2, 0.25) is 0 Å². The maximum absolute atomic E-state index is 5.68. The topological polar surface area (TPSA) is 44.6 Å². The quantitative estimate of drug-likeness (QED) is 0.814. The molecule has 0 aliphatic carbocycles. The van der Waals surface area contributed by atoms with E-state index in [0.717, 1.165) is 50.6 Å². The number of fused-ring (bicyclic) bond motifs is 1. The van der Waals surface area contributed by atoms with Gasteiger partial charge < -0.3 is 9.47 Å². The Morgan fingerprint density at radius 2 is 2.00 bits per heavy atom. The number of aromatic nitrogens is 4. The number of aromatic amines is 1. The smallest absolute Gasteiger partial charge is 0.274 e. The molecule has 0 aromatic carbocycles. The average molecular weight is 347 g/mol. The van der Waals surface area contributed by atoms with Crippen molar-refractivity contribution in [2.75, 3.05) is 31.1 Å². The van der Waals surface area contributed by atoms with Crippen LogP contribution in [0.15, 0.2) is 24.4 Å². The van der Waals surface area contributed by atoms with Gasteiger partial charge in [-0.05, 0) is 31.1 Å². The summed E-state index contributed by atoms with van der Waals surface area (Å²) in [5.74, 6) is 2.40. The van der Waals surface area contributed by atoms with Crippen molar-refractivity contribution in [3.8, 4) is 0 Å². The molecule has 0 atom stereocenters. The van der Waals surface area contributed by atoms with Gasteiger partial charge >= 0.3 is 0 Å². The molecular weight excluding hydrogens is 320 g/mol. The molecule has 7 heteroatoms. The Morgan fingerprint density at radius 3 is 2.79 bits per heavy atom. The van der Waals surface area contributed by atoms with Crippen molar-refractivity contribution in [1.82, 2.24) is 14.3 Å². The van der Waals surface area contributed by atoms with Crippen molar-refractivity contribution in [2.24, 2.45) is 0 Å². The second kappa shape index (κ2) is 7.03. The van der Waals surface area contributed by atoms with Crippen molar-refractivity contribution < 1.29 is 9.88 Å². The van der Waals surface area contributed by atoms with E-state index in [0.29, 0.717) is 0 Å². The number of quaternary nitrogens is 1. The van der Waals surface area contributed by atoms with Crippen LogP contribution in [0.5, 0.6) is 0 Å². The van der Waals surface area contributed by atoms with Gasteiger partial charge in [0.15, 0.2) is 6.67 Å². The number of pyridine rings is 1. The molecule has 0 spiro atoms. The first kappa shape index (κ1) is 15.8. The standard InChI is InChI=1S/C17H24N6S/c24-17-22-9-5-1-2-7-16(22)19-23(17)14-20-10-12-21(13-11-20)15-6-3-4-8-18-15/h3-4,6,8H,1-2,5,7,9-14H2/p+2. The summed E-state index contributed by atoms with van der Waals surface area (Å²) in [6.45, 7) is 6.30. The molecule has 0 radical (unpaired) electrons. The summed E-state index contributed by atoms with van der Waals surface area (Å²) in [4.78, 5) is 7.31. The Morgan fingerprint density at radius 1 is 1.12 bits per heavy atom. The van der Waals surface area contributed by atoms with Gasteiger partial charge in [-0.1, -0.05) is 12.5 Å². The first-order valence-corrected chi connectivity index (χ1v) is 9.44. The van der Waals surface area contributed by atoms with Gasteiger partial charge in [-0.15, -0.1) is 0 Å². The summed E-state index contributed by atoms with van der Waals surface area (Å²) in [6.07, 6.45) is 6.83. The molecule has 4 rings (SSSR count). The molecule has 24 heavy (non-hydrogen) atoms. The molecule has 0 unspecified atom stereocenters. The summed E-state index contributed by atoms with van der Waals surface area (Å²) < 4.78 is 5.24. The Bertz CT molecular complexity index is 729. The third-order valence-electron chi connectivity index (χ3n) is 5.16. The van der Waals surface area contributed by atoms with Gasteiger partial charge in [-0.25, -0.2) is 4.98 Å². The Labute approximate surface area is 147 Å². The highest BCUT2D eigenvalue weighted by Crippen LogP contribution is 2.13. The SMILES string of the molecule is S=c1n(C[NH+]2CCN(c3cccc[nH+]3)CC2)nc2n1CCCCC2. The number of rotatable bonds is 3. The minimum absolute atomic E-state index is 0.894. The van der Waals surface area contributed by atoms with Crippen molar-refractivity contribution in [3.05, 3.63) is 35.0 Å². The molecule has 0 bridgehead atoms. The van der Waals surface area contributed by atoms with Gasteiger partial charge in [-0.2, -0.15) is 9.78 Å². The highest BCUT2D eigenvalue weighted by Gasteiger charge is 2.26. The second-order valence-corrected chi connectivity index (χ2v) is 7.17. The molecule has 2 N–H and O–H groups in total. The van der Waals surface area contributed by atoms with E-state index < -0.39 is 0 Å². The molecule has 6 nitrogen and oxygen atoms in total. The van der Waals surface area contributed by atoms with Gasteiger partial charge in [0.05, 0.1) is 6.20 Å².